The Balaban J connectivity index is 1.79. The number of carbonyl (C=O) groups is 1. The minimum atomic E-state index is -0.262. The number of nitrogens with one attached hydrogen (secondary N) is 1. The summed E-state index contributed by atoms with van der Waals surface area (Å²) in [6.45, 7) is 9.10. The van der Waals surface area contributed by atoms with E-state index in [1.54, 1.807) is 30.5 Å². The Bertz CT molecular complexity index is 985. The van der Waals surface area contributed by atoms with E-state index < -0.39 is 0 Å². The average molecular weight is 361 g/mol. The number of hydrogen-bond donors (Lipinski definition) is 1. The first-order valence-corrected chi connectivity index (χ1v) is 8.90. The second-order valence-electron chi connectivity index (χ2n) is 6.07. The number of nitrogens with zero attached hydrogens (tertiary/aromatic N) is 2. The predicted molar refractivity (Wildman–Crippen MR) is 110 cm³/mol. The molecule has 1 heterocycles. The highest BCUT2D eigenvalue weighted by molar-refractivity contribution is 6.02. The normalized spacial score (nSPS) is 11.0. The molecule has 0 aliphatic rings. The van der Waals surface area contributed by atoms with Gasteiger partial charge in [0.25, 0.3) is 5.91 Å². The molecule has 5 heteroatoms. The molecule has 0 bridgehead atoms. The molecule has 0 aliphatic heterocycles. The molecule has 0 spiro atoms. The third kappa shape index (κ3) is 3.92. The zero-order chi connectivity index (χ0) is 19.2. The first-order chi connectivity index (χ1) is 13.2. The van der Waals surface area contributed by atoms with Crippen LogP contribution in [0.2, 0.25) is 0 Å². The van der Waals surface area contributed by atoms with Crippen LogP contribution in [0.25, 0.3) is 10.9 Å². The highest BCUT2D eigenvalue weighted by atomic mass is 16.5. The number of allylic oxidation sites excluding steroid dienone is 1. The van der Waals surface area contributed by atoms with E-state index in [-0.39, 0.29) is 5.91 Å². The molecule has 1 amide bonds. The van der Waals surface area contributed by atoms with Gasteiger partial charge in [-0.05, 0) is 44.2 Å². The van der Waals surface area contributed by atoms with Crippen LogP contribution >= 0.6 is 0 Å². The second-order valence-corrected chi connectivity index (χ2v) is 6.07. The van der Waals surface area contributed by atoms with Crippen molar-refractivity contribution in [2.45, 2.75) is 20.4 Å². The number of ether oxygens (including phenoxy) is 1. The molecule has 5 nitrogen and oxygen atoms in total. The Morgan fingerprint density at radius 2 is 1.96 bits per heavy atom. The lowest BCUT2D eigenvalue weighted by atomic mass is 10.1. The van der Waals surface area contributed by atoms with Gasteiger partial charge in [0.15, 0.2) is 0 Å². The zero-order valence-corrected chi connectivity index (χ0v) is 15.6. The first-order valence-electron chi connectivity index (χ1n) is 8.90. The van der Waals surface area contributed by atoms with E-state index in [1.165, 1.54) is 0 Å². The summed E-state index contributed by atoms with van der Waals surface area (Å²) in [4.78, 5) is 12.3. The van der Waals surface area contributed by atoms with Crippen LogP contribution in [0.5, 0.6) is 5.75 Å². The minimum Gasteiger partial charge on any atom is -0.494 e. The van der Waals surface area contributed by atoms with Gasteiger partial charge in [0, 0.05) is 34.3 Å². The molecule has 0 atom stereocenters. The van der Waals surface area contributed by atoms with Crippen molar-refractivity contribution in [3.8, 4) is 5.75 Å². The van der Waals surface area contributed by atoms with Crippen molar-refractivity contribution in [2.75, 3.05) is 6.61 Å². The quantitative estimate of drug-likeness (QED) is 0.387. The Labute approximate surface area is 159 Å². The minimum absolute atomic E-state index is 0.262. The van der Waals surface area contributed by atoms with Crippen molar-refractivity contribution in [3.05, 3.63) is 78.0 Å². The lowest BCUT2D eigenvalue weighted by Crippen LogP contribution is -2.17. The van der Waals surface area contributed by atoms with Crippen LogP contribution in [-0.2, 0) is 6.54 Å². The molecule has 3 aromatic rings. The smallest absolute Gasteiger partial charge is 0.271 e. The third-order valence-corrected chi connectivity index (χ3v) is 4.38. The zero-order valence-electron chi connectivity index (χ0n) is 15.6. The maximum Gasteiger partial charge on any atom is 0.271 e. The number of fused-ring (bicyclic) bond motifs is 1. The maximum atomic E-state index is 12.3. The molecule has 3 rings (SSSR count). The molecule has 0 unspecified atom stereocenters. The monoisotopic (exact) mass is 361 g/mol. The molecule has 1 N–H and O–H groups in total. The summed E-state index contributed by atoms with van der Waals surface area (Å²) in [5.41, 5.74) is 6.31. The molecular formula is C22H23N3O2. The molecule has 0 saturated heterocycles. The van der Waals surface area contributed by atoms with E-state index in [0.29, 0.717) is 12.2 Å². The fourth-order valence-electron chi connectivity index (χ4n) is 3.07. The van der Waals surface area contributed by atoms with E-state index in [0.717, 1.165) is 34.5 Å². The van der Waals surface area contributed by atoms with Crippen LogP contribution < -0.4 is 10.2 Å². The number of para-hydroxylation sites is 1. The van der Waals surface area contributed by atoms with Gasteiger partial charge in [-0.2, -0.15) is 5.10 Å². The van der Waals surface area contributed by atoms with Gasteiger partial charge < -0.3 is 9.30 Å². The van der Waals surface area contributed by atoms with Crippen LogP contribution in [0.3, 0.4) is 0 Å². The SMILES string of the molecule is C=CCn1c(C)c(/C=N/NC(=O)c2ccc(OCC)cc2)c2ccccc21. The van der Waals surface area contributed by atoms with Gasteiger partial charge in [-0.15, -0.1) is 6.58 Å². The van der Waals surface area contributed by atoms with E-state index in [9.17, 15) is 4.79 Å². The number of rotatable bonds is 7. The Morgan fingerprint density at radius 1 is 1.22 bits per heavy atom. The second kappa shape index (κ2) is 8.36. The predicted octanol–water partition coefficient (Wildman–Crippen LogP) is 4.30. The van der Waals surface area contributed by atoms with Gasteiger partial charge in [-0.25, -0.2) is 5.43 Å². The molecule has 27 heavy (non-hydrogen) atoms. The van der Waals surface area contributed by atoms with Crippen LogP contribution in [0, 0.1) is 6.92 Å². The molecule has 2 aromatic carbocycles. The van der Waals surface area contributed by atoms with Crippen molar-refractivity contribution >= 4 is 23.0 Å². The molecule has 0 fully saturated rings. The largest absolute Gasteiger partial charge is 0.494 e. The van der Waals surface area contributed by atoms with Crippen LogP contribution in [-0.4, -0.2) is 23.3 Å². The lowest BCUT2D eigenvalue weighted by molar-refractivity contribution is 0.0955. The summed E-state index contributed by atoms with van der Waals surface area (Å²) >= 11 is 0. The Hall–Kier alpha value is -3.34. The van der Waals surface area contributed by atoms with E-state index in [2.05, 4.69) is 33.8 Å². The molecule has 0 saturated carbocycles. The van der Waals surface area contributed by atoms with Gasteiger partial charge in [0.1, 0.15) is 5.75 Å². The first kappa shape index (κ1) is 18.5. The highest BCUT2D eigenvalue weighted by Crippen LogP contribution is 2.24. The standard InChI is InChI=1S/C22H23N3O2/c1-4-14-25-16(3)20(19-8-6-7-9-21(19)25)15-23-24-22(26)17-10-12-18(13-11-17)27-5-2/h4,6-13,15H,1,5,14H2,2-3H3,(H,24,26)/b23-15+. The van der Waals surface area contributed by atoms with Gasteiger partial charge in [0.2, 0.25) is 0 Å². The number of benzene rings is 2. The van der Waals surface area contributed by atoms with Crippen molar-refractivity contribution in [3.63, 3.8) is 0 Å². The van der Waals surface area contributed by atoms with Gasteiger partial charge in [-0.3, -0.25) is 4.79 Å². The number of aromatic nitrogens is 1. The molecule has 0 radical (unpaired) electrons. The summed E-state index contributed by atoms with van der Waals surface area (Å²) < 4.78 is 7.56. The number of hydrogen-bond acceptors (Lipinski definition) is 3. The summed E-state index contributed by atoms with van der Waals surface area (Å²) in [6, 6.07) is 15.1. The molecule has 1 aromatic heterocycles. The third-order valence-electron chi connectivity index (χ3n) is 4.38. The maximum absolute atomic E-state index is 12.3. The van der Waals surface area contributed by atoms with Crippen molar-refractivity contribution in [1.82, 2.24) is 9.99 Å². The van der Waals surface area contributed by atoms with Crippen LogP contribution in [0.15, 0.2) is 66.3 Å². The van der Waals surface area contributed by atoms with Crippen LogP contribution in [0.1, 0.15) is 28.5 Å². The van der Waals surface area contributed by atoms with E-state index in [1.807, 2.05) is 32.1 Å². The van der Waals surface area contributed by atoms with Crippen LogP contribution in [0.4, 0.5) is 0 Å². The lowest BCUT2D eigenvalue weighted by Gasteiger charge is -2.04. The van der Waals surface area contributed by atoms with E-state index in [4.69, 9.17) is 4.74 Å². The van der Waals surface area contributed by atoms with Crippen molar-refractivity contribution < 1.29 is 9.53 Å². The van der Waals surface area contributed by atoms with Crippen molar-refractivity contribution in [2.24, 2.45) is 5.10 Å². The fraction of sp³-hybridized carbons (Fsp3) is 0.182. The Morgan fingerprint density at radius 3 is 2.67 bits per heavy atom. The van der Waals surface area contributed by atoms with Gasteiger partial charge >= 0.3 is 0 Å². The summed E-state index contributed by atoms with van der Waals surface area (Å²) in [6.07, 6.45) is 3.57. The molecule has 138 valence electrons. The van der Waals surface area contributed by atoms with Gasteiger partial charge in [0.05, 0.1) is 12.8 Å². The van der Waals surface area contributed by atoms with Gasteiger partial charge in [-0.1, -0.05) is 24.3 Å². The summed E-state index contributed by atoms with van der Waals surface area (Å²) in [5.74, 6) is 0.477. The number of hydrazone groups is 1. The average Bonchev–Trinajstić information content (AvgIpc) is 2.95. The summed E-state index contributed by atoms with van der Waals surface area (Å²) in [5, 5.41) is 5.26. The molecular weight excluding hydrogens is 338 g/mol. The fourth-order valence-corrected chi connectivity index (χ4v) is 3.07. The topological polar surface area (TPSA) is 55.6 Å². The summed E-state index contributed by atoms with van der Waals surface area (Å²) in [7, 11) is 0. The highest BCUT2D eigenvalue weighted by Gasteiger charge is 2.11. The number of carbonyl (C=O) groups excluding carboxylic acids is 1. The van der Waals surface area contributed by atoms with Crippen molar-refractivity contribution in [1.29, 1.82) is 0 Å². The van der Waals surface area contributed by atoms with E-state index >= 15 is 0 Å². The Kier molecular flexibility index (Phi) is 5.71. The number of amides is 1. The molecule has 0 aliphatic carbocycles.